The van der Waals surface area contributed by atoms with Gasteiger partial charge < -0.3 is 0 Å². The predicted octanol–water partition coefficient (Wildman–Crippen LogP) is 3.18. The molecule has 1 aromatic heterocycles. The molecule has 1 heterocycles. The molecule has 0 unspecified atom stereocenters. The van der Waals surface area contributed by atoms with Gasteiger partial charge in [0.1, 0.15) is 5.82 Å². The number of nitrogens with zero attached hydrogens (tertiary/aromatic N) is 1. The molecule has 0 radical (unpaired) electrons. The highest BCUT2D eigenvalue weighted by Crippen LogP contribution is 2.22. The summed E-state index contributed by atoms with van der Waals surface area (Å²) in [6, 6.07) is 5.35. The third-order valence-corrected chi connectivity index (χ3v) is 1.90. The van der Waals surface area contributed by atoms with Gasteiger partial charge in [-0.2, -0.15) is 8.78 Å². The van der Waals surface area contributed by atoms with Crippen molar-refractivity contribution in [3.05, 3.63) is 36.3 Å². The zero-order valence-corrected chi connectivity index (χ0v) is 6.55. The summed E-state index contributed by atoms with van der Waals surface area (Å²) >= 11 is 0. The van der Waals surface area contributed by atoms with E-state index in [1.165, 1.54) is 24.4 Å². The molecule has 68 valence electrons. The first kappa shape index (κ1) is 8.16. The highest BCUT2D eigenvalue weighted by atomic mass is 19.3. The van der Waals surface area contributed by atoms with Crippen molar-refractivity contribution < 1.29 is 13.2 Å². The molecule has 0 aliphatic rings. The van der Waals surface area contributed by atoms with Crippen LogP contribution in [0.4, 0.5) is 13.2 Å². The van der Waals surface area contributed by atoms with E-state index in [1.54, 1.807) is 0 Å². The maximum absolute atomic E-state index is 12.7. The quantitative estimate of drug-likeness (QED) is 0.643. The molecule has 0 aliphatic heterocycles. The van der Waals surface area contributed by atoms with Gasteiger partial charge in [0.15, 0.2) is 0 Å². The molecule has 0 fully saturated rings. The van der Waals surface area contributed by atoms with Crippen molar-refractivity contribution in [3.63, 3.8) is 0 Å². The van der Waals surface area contributed by atoms with Crippen molar-refractivity contribution in [1.82, 2.24) is 4.57 Å². The number of fused-ring (bicyclic) bond motifs is 1. The molecule has 1 aromatic carbocycles. The number of halogens is 3. The normalized spacial score (nSPS) is 11.4. The van der Waals surface area contributed by atoms with E-state index in [2.05, 4.69) is 0 Å². The van der Waals surface area contributed by atoms with Gasteiger partial charge in [0.2, 0.25) is 0 Å². The molecule has 0 saturated carbocycles. The molecular weight excluding hydrogens is 179 g/mol. The second-order valence-electron chi connectivity index (χ2n) is 2.70. The number of rotatable bonds is 1. The molecule has 0 atom stereocenters. The Morgan fingerprint density at radius 3 is 2.62 bits per heavy atom. The zero-order chi connectivity index (χ0) is 9.42. The van der Waals surface area contributed by atoms with Crippen LogP contribution in [0.1, 0.15) is 6.55 Å². The first-order valence-electron chi connectivity index (χ1n) is 3.73. The van der Waals surface area contributed by atoms with Crippen LogP contribution in [0.2, 0.25) is 0 Å². The van der Waals surface area contributed by atoms with Crippen LogP contribution in [0.5, 0.6) is 0 Å². The van der Waals surface area contributed by atoms with Crippen molar-refractivity contribution in [2.75, 3.05) is 0 Å². The summed E-state index contributed by atoms with van der Waals surface area (Å²) in [6.07, 6.45) is 1.24. The highest BCUT2D eigenvalue weighted by molar-refractivity contribution is 5.80. The average molecular weight is 185 g/mol. The molecule has 0 spiro atoms. The number of hydrogen-bond acceptors (Lipinski definition) is 0. The fourth-order valence-corrected chi connectivity index (χ4v) is 1.29. The SMILES string of the molecule is Fc1ccc2ccn(C(F)F)c2c1. The van der Waals surface area contributed by atoms with E-state index in [4.69, 9.17) is 0 Å². The summed E-state index contributed by atoms with van der Waals surface area (Å²) in [5.74, 6) is -0.506. The minimum absolute atomic E-state index is 0.218. The van der Waals surface area contributed by atoms with Crippen molar-refractivity contribution in [2.24, 2.45) is 0 Å². The Kier molecular flexibility index (Phi) is 1.76. The summed E-state index contributed by atoms with van der Waals surface area (Å²) in [5.41, 5.74) is 0.218. The second kappa shape index (κ2) is 2.80. The predicted molar refractivity (Wildman–Crippen MR) is 43.1 cm³/mol. The Morgan fingerprint density at radius 2 is 1.92 bits per heavy atom. The van der Waals surface area contributed by atoms with Gasteiger partial charge in [-0.3, -0.25) is 4.57 Å². The number of hydrogen-bond donors (Lipinski definition) is 0. The third kappa shape index (κ3) is 1.28. The van der Waals surface area contributed by atoms with Crippen LogP contribution in [0, 0.1) is 5.82 Å². The van der Waals surface area contributed by atoms with Gasteiger partial charge in [-0.1, -0.05) is 0 Å². The summed E-state index contributed by atoms with van der Waals surface area (Å²) in [6.45, 7) is -2.63. The smallest absolute Gasteiger partial charge is 0.291 e. The summed E-state index contributed by atoms with van der Waals surface area (Å²) < 4.78 is 38.0. The van der Waals surface area contributed by atoms with E-state index in [1.807, 2.05) is 0 Å². The van der Waals surface area contributed by atoms with Crippen LogP contribution in [-0.2, 0) is 0 Å². The summed E-state index contributed by atoms with van der Waals surface area (Å²) in [5, 5.41) is 0.613. The van der Waals surface area contributed by atoms with Crippen molar-refractivity contribution in [2.45, 2.75) is 6.55 Å². The maximum Gasteiger partial charge on any atom is 0.319 e. The summed E-state index contributed by atoms with van der Waals surface area (Å²) in [7, 11) is 0. The number of alkyl halides is 2. The van der Waals surface area contributed by atoms with Crippen molar-refractivity contribution in [1.29, 1.82) is 0 Å². The largest absolute Gasteiger partial charge is 0.319 e. The second-order valence-corrected chi connectivity index (χ2v) is 2.70. The lowest BCUT2D eigenvalue weighted by molar-refractivity contribution is 0.0752. The van der Waals surface area contributed by atoms with E-state index >= 15 is 0 Å². The molecule has 4 heteroatoms. The Labute approximate surface area is 72.4 Å². The summed E-state index contributed by atoms with van der Waals surface area (Å²) in [4.78, 5) is 0. The molecular formula is C9H6F3N. The molecule has 2 aromatic rings. The first-order valence-corrected chi connectivity index (χ1v) is 3.73. The van der Waals surface area contributed by atoms with Gasteiger partial charge in [-0.15, -0.1) is 0 Å². The molecule has 0 aliphatic carbocycles. The van der Waals surface area contributed by atoms with Gasteiger partial charge >= 0.3 is 6.55 Å². The number of benzene rings is 1. The van der Waals surface area contributed by atoms with E-state index < -0.39 is 12.4 Å². The Balaban J connectivity index is 2.71. The van der Waals surface area contributed by atoms with Crippen LogP contribution in [-0.4, -0.2) is 4.57 Å². The fraction of sp³-hybridized carbons (Fsp3) is 0.111. The van der Waals surface area contributed by atoms with Gasteiger partial charge in [-0.05, 0) is 29.7 Å². The highest BCUT2D eigenvalue weighted by Gasteiger charge is 2.09. The monoisotopic (exact) mass is 185 g/mol. The van der Waals surface area contributed by atoms with Gasteiger partial charge in [0.25, 0.3) is 0 Å². The van der Waals surface area contributed by atoms with Gasteiger partial charge in [0, 0.05) is 6.20 Å². The van der Waals surface area contributed by atoms with Crippen LogP contribution in [0.25, 0.3) is 10.9 Å². The van der Waals surface area contributed by atoms with Crippen LogP contribution in [0.15, 0.2) is 30.5 Å². The van der Waals surface area contributed by atoms with Crippen LogP contribution < -0.4 is 0 Å². The number of aromatic nitrogens is 1. The van der Waals surface area contributed by atoms with Crippen LogP contribution in [0.3, 0.4) is 0 Å². The Hall–Kier alpha value is -1.45. The molecule has 13 heavy (non-hydrogen) atoms. The molecule has 2 rings (SSSR count). The third-order valence-electron chi connectivity index (χ3n) is 1.90. The standard InChI is InChI=1S/C9H6F3N/c10-7-2-1-6-3-4-13(9(11)12)8(6)5-7/h1-5,9H. The Morgan fingerprint density at radius 1 is 1.15 bits per heavy atom. The lowest BCUT2D eigenvalue weighted by Crippen LogP contribution is -1.94. The minimum atomic E-state index is -2.63. The molecule has 1 nitrogen and oxygen atoms in total. The molecule has 0 amide bonds. The zero-order valence-electron chi connectivity index (χ0n) is 6.55. The fourth-order valence-electron chi connectivity index (χ4n) is 1.29. The maximum atomic E-state index is 12.7. The van der Waals surface area contributed by atoms with Gasteiger partial charge in [0.05, 0.1) is 5.52 Å². The Bertz CT molecular complexity index is 433. The van der Waals surface area contributed by atoms with E-state index in [-0.39, 0.29) is 5.52 Å². The van der Waals surface area contributed by atoms with Crippen molar-refractivity contribution in [3.8, 4) is 0 Å². The van der Waals surface area contributed by atoms with E-state index in [0.717, 1.165) is 10.6 Å². The minimum Gasteiger partial charge on any atom is -0.291 e. The molecule has 0 bridgehead atoms. The average Bonchev–Trinajstić information content (AvgIpc) is 2.46. The van der Waals surface area contributed by atoms with E-state index in [0.29, 0.717) is 5.39 Å². The molecule has 0 N–H and O–H groups in total. The lowest BCUT2D eigenvalue weighted by atomic mass is 10.2. The first-order chi connectivity index (χ1) is 6.18. The van der Waals surface area contributed by atoms with Crippen LogP contribution >= 0.6 is 0 Å². The molecule has 0 saturated heterocycles. The topological polar surface area (TPSA) is 4.93 Å². The lowest BCUT2D eigenvalue weighted by Gasteiger charge is -2.02. The van der Waals surface area contributed by atoms with Gasteiger partial charge in [-0.25, -0.2) is 4.39 Å². The van der Waals surface area contributed by atoms with Crippen molar-refractivity contribution >= 4 is 10.9 Å². The van der Waals surface area contributed by atoms with E-state index in [9.17, 15) is 13.2 Å².